The zero-order chi connectivity index (χ0) is 18.0. The zero-order valence-corrected chi connectivity index (χ0v) is 15.3. The molecule has 0 atom stereocenters. The number of fused-ring (bicyclic) bond motifs is 1. The summed E-state index contributed by atoms with van der Waals surface area (Å²) >= 11 is 3.21. The number of allylic oxidation sites excluding steroid dienone is 4. The molecule has 0 unspecified atom stereocenters. The maximum Gasteiger partial charge on any atom is 0.213 e. The smallest absolute Gasteiger partial charge is 0.213 e. The molecule has 3 nitrogen and oxygen atoms in total. The van der Waals surface area contributed by atoms with E-state index < -0.39 is 0 Å². The highest BCUT2D eigenvalue weighted by molar-refractivity contribution is 9.10. The predicted octanol–water partition coefficient (Wildman–Crippen LogP) is 6.28. The number of para-hydroxylation sites is 2. The number of rotatable bonds is 5. The van der Waals surface area contributed by atoms with Crippen molar-refractivity contribution in [3.05, 3.63) is 83.6 Å². The molecule has 25 heavy (non-hydrogen) atoms. The van der Waals surface area contributed by atoms with E-state index in [4.69, 9.17) is 0 Å². The van der Waals surface area contributed by atoms with Crippen molar-refractivity contribution in [3.8, 4) is 0 Å². The third-order valence-electron chi connectivity index (χ3n) is 3.88. The van der Waals surface area contributed by atoms with Crippen molar-refractivity contribution >= 4 is 44.3 Å². The molecule has 0 aliphatic rings. The summed E-state index contributed by atoms with van der Waals surface area (Å²) < 4.78 is 15.9. The van der Waals surface area contributed by atoms with Crippen molar-refractivity contribution in [1.82, 2.24) is 9.55 Å². The molecule has 126 valence electrons. The molecule has 1 heterocycles. The molecule has 0 amide bonds. The van der Waals surface area contributed by atoms with Crippen molar-refractivity contribution in [2.45, 2.75) is 6.92 Å². The first-order valence-corrected chi connectivity index (χ1v) is 8.50. The second-order valence-electron chi connectivity index (χ2n) is 5.49. The molecular formula is C20H17BrFN3. The predicted molar refractivity (Wildman–Crippen MR) is 106 cm³/mol. The first kappa shape index (κ1) is 17.2. The zero-order valence-electron chi connectivity index (χ0n) is 13.8. The van der Waals surface area contributed by atoms with Gasteiger partial charge in [-0.25, -0.2) is 9.37 Å². The summed E-state index contributed by atoms with van der Waals surface area (Å²) in [6, 6.07) is 12.6. The van der Waals surface area contributed by atoms with Gasteiger partial charge in [0.2, 0.25) is 5.95 Å². The van der Waals surface area contributed by atoms with Crippen LogP contribution in [0.2, 0.25) is 0 Å². The van der Waals surface area contributed by atoms with Gasteiger partial charge >= 0.3 is 0 Å². The van der Waals surface area contributed by atoms with Crippen LogP contribution < -0.4 is 5.32 Å². The Balaban J connectivity index is 2.20. The van der Waals surface area contributed by atoms with Crippen molar-refractivity contribution in [1.29, 1.82) is 0 Å². The molecule has 0 radical (unpaired) electrons. The molecular weight excluding hydrogens is 381 g/mol. The number of benzene rings is 2. The van der Waals surface area contributed by atoms with Gasteiger partial charge in [0.05, 0.1) is 21.2 Å². The molecule has 3 rings (SSSR count). The fourth-order valence-corrected chi connectivity index (χ4v) is 2.97. The topological polar surface area (TPSA) is 29.9 Å². The lowest BCUT2D eigenvalue weighted by Crippen LogP contribution is -2.04. The SMILES string of the molecule is C=C/C(C)=C(\C=C)n1c(Nc2ccc(F)c(Br)c2)nc2ccccc21. The highest BCUT2D eigenvalue weighted by atomic mass is 79.9. The molecule has 0 saturated heterocycles. The second-order valence-corrected chi connectivity index (χ2v) is 6.34. The van der Waals surface area contributed by atoms with E-state index in [0.717, 1.165) is 28.0 Å². The van der Waals surface area contributed by atoms with Gasteiger partial charge in [-0.2, -0.15) is 0 Å². The number of halogens is 2. The highest BCUT2D eigenvalue weighted by Gasteiger charge is 2.14. The van der Waals surface area contributed by atoms with E-state index in [0.29, 0.717) is 10.4 Å². The van der Waals surface area contributed by atoms with Crippen LogP contribution in [0.5, 0.6) is 0 Å². The van der Waals surface area contributed by atoms with Crippen LogP contribution in [-0.4, -0.2) is 9.55 Å². The molecule has 1 N–H and O–H groups in total. The molecule has 0 aliphatic heterocycles. The fraction of sp³-hybridized carbons (Fsp3) is 0.0500. The number of aromatic nitrogens is 2. The van der Waals surface area contributed by atoms with Gasteiger partial charge in [0.15, 0.2) is 0 Å². The Morgan fingerprint density at radius 3 is 2.64 bits per heavy atom. The average molecular weight is 398 g/mol. The minimum atomic E-state index is -0.312. The summed E-state index contributed by atoms with van der Waals surface area (Å²) in [6.45, 7) is 9.74. The van der Waals surface area contributed by atoms with Crippen LogP contribution in [0.4, 0.5) is 16.0 Å². The summed E-state index contributed by atoms with van der Waals surface area (Å²) in [4.78, 5) is 4.67. The Kier molecular flexibility index (Phi) is 4.86. The number of hydrogen-bond acceptors (Lipinski definition) is 2. The Labute approximate surface area is 154 Å². The summed E-state index contributed by atoms with van der Waals surface area (Å²) in [5.74, 6) is 0.309. The lowest BCUT2D eigenvalue weighted by atomic mass is 10.2. The number of imidazole rings is 1. The summed E-state index contributed by atoms with van der Waals surface area (Å²) in [7, 11) is 0. The van der Waals surface area contributed by atoms with Gasteiger partial charge in [0.1, 0.15) is 5.82 Å². The maximum atomic E-state index is 13.5. The van der Waals surface area contributed by atoms with Crippen molar-refractivity contribution < 1.29 is 4.39 Å². The van der Waals surface area contributed by atoms with E-state index in [9.17, 15) is 4.39 Å². The van der Waals surface area contributed by atoms with Crippen molar-refractivity contribution in [2.24, 2.45) is 0 Å². The lowest BCUT2D eigenvalue weighted by molar-refractivity contribution is 0.621. The van der Waals surface area contributed by atoms with E-state index >= 15 is 0 Å². The minimum absolute atomic E-state index is 0.312. The van der Waals surface area contributed by atoms with Gasteiger partial charge in [-0.15, -0.1) is 0 Å². The number of nitrogens with one attached hydrogen (secondary N) is 1. The van der Waals surface area contributed by atoms with Crippen LogP contribution in [0.15, 0.2) is 77.8 Å². The molecule has 0 fully saturated rings. The Morgan fingerprint density at radius 2 is 1.96 bits per heavy atom. The monoisotopic (exact) mass is 397 g/mol. The number of hydrogen-bond donors (Lipinski definition) is 1. The first-order chi connectivity index (χ1) is 12.0. The summed E-state index contributed by atoms with van der Waals surface area (Å²) in [6.07, 6.45) is 3.56. The standard InChI is InChI=1S/C20H17BrFN3/c1-4-13(3)18(5-2)25-19-9-7-6-8-17(19)24-20(25)23-14-10-11-16(22)15(21)12-14/h4-12H,1-2H2,3H3,(H,23,24)/b18-13+. The Hall–Kier alpha value is -2.66. The normalized spacial score (nSPS) is 12.0. The van der Waals surface area contributed by atoms with Gasteiger partial charge in [-0.05, 0) is 64.8 Å². The van der Waals surface area contributed by atoms with E-state index in [2.05, 4.69) is 39.4 Å². The quantitative estimate of drug-likeness (QED) is 0.513. The molecule has 1 aromatic heterocycles. The number of nitrogens with zero attached hydrogens (tertiary/aromatic N) is 2. The fourth-order valence-electron chi connectivity index (χ4n) is 2.59. The molecule has 0 aliphatic carbocycles. The Bertz CT molecular complexity index is 1000. The summed E-state index contributed by atoms with van der Waals surface area (Å²) in [5.41, 5.74) is 4.38. The van der Waals surface area contributed by atoms with Crippen LogP contribution in [0, 0.1) is 5.82 Å². The average Bonchev–Trinajstić information content (AvgIpc) is 2.97. The molecule has 5 heteroatoms. The third kappa shape index (κ3) is 3.28. The molecule has 3 aromatic rings. The second kappa shape index (κ2) is 7.07. The maximum absolute atomic E-state index is 13.5. The van der Waals surface area contributed by atoms with Crippen LogP contribution in [0.3, 0.4) is 0 Å². The molecule has 0 saturated carbocycles. The van der Waals surface area contributed by atoms with Crippen LogP contribution in [0.1, 0.15) is 6.92 Å². The van der Waals surface area contributed by atoms with Crippen LogP contribution in [0.25, 0.3) is 16.7 Å². The number of anilines is 2. The van der Waals surface area contributed by atoms with Crippen molar-refractivity contribution in [2.75, 3.05) is 5.32 Å². The van der Waals surface area contributed by atoms with E-state index in [1.807, 2.05) is 35.8 Å². The van der Waals surface area contributed by atoms with E-state index in [1.54, 1.807) is 24.3 Å². The molecule has 0 spiro atoms. The van der Waals surface area contributed by atoms with Crippen LogP contribution >= 0.6 is 15.9 Å². The van der Waals surface area contributed by atoms with Gasteiger partial charge in [-0.3, -0.25) is 4.57 Å². The van der Waals surface area contributed by atoms with Gasteiger partial charge in [0, 0.05) is 5.69 Å². The van der Waals surface area contributed by atoms with Gasteiger partial charge in [0.25, 0.3) is 0 Å². The van der Waals surface area contributed by atoms with Crippen LogP contribution in [-0.2, 0) is 0 Å². The first-order valence-electron chi connectivity index (χ1n) is 7.71. The minimum Gasteiger partial charge on any atom is -0.325 e. The van der Waals surface area contributed by atoms with E-state index in [-0.39, 0.29) is 5.82 Å². The third-order valence-corrected chi connectivity index (χ3v) is 4.49. The van der Waals surface area contributed by atoms with Gasteiger partial charge in [-0.1, -0.05) is 31.4 Å². The van der Waals surface area contributed by atoms with E-state index in [1.165, 1.54) is 6.07 Å². The largest absolute Gasteiger partial charge is 0.325 e. The summed E-state index contributed by atoms with van der Waals surface area (Å²) in [5, 5.41) is 3.26. The highest BCUT2D eigenvalue weighted by Crippen LogP contribution is 2.30. The van der Waals surface area contributed by atoms with Gasteiger partial charge < -0.3 is 5.32 Å². The molecule has 0 bridgehead atoms. The Morgan fingerprint density at radius 1 is 1.20 bits per heavy atom. The molecule has 2 aromatic carbocycles. The lowest BCUT2D eigenvalue weighted by Gasteiger charge is -2.14. The van der Waals surface area contributed by atoms with Crippen molar-refractivity contribution in [3.63, 3.8) is 0 Å².